The summed E-state index contributed by atoms with van der Waals surface area (Å²) < 4.78 is 0. The van der Waals surface area contributed by atoms with Crippen LogP contribution in [0, 0.1) is 0 Å². The summed E-state index contributed by atoms with van der Waals surface area (Å²) >= 11 is 10.6. The van der Waals surface area contributed by atoms with Crippen molar-refractivity contribution in [1.29, 1.82) is 0 Å². The van der Waals surface area contributed by atoms with Gasteiger partial charge in [-0.15, -0.1) is 0 Å². The molecule has 0 aromatic carbocycles. The molecule has 11 heavy (non-hydrogen) atoms. The summed E-state index contributed by atoms with van der Waals surface area (Å²) in [6, 6.07) is 0. The molecule has 2 unspecified atom stereocenters. The second kappa shape index (κ2) is 6.24. The number of hydrogen-bond donors (Lipinski definition) is 2. The molecule has 66 valence electrons. The second-order valence-electron chi connectivity index (χ2n) is 2.34. The van der Waals surface area contributed by atoms with Crippen molar-refractivity contribution in [2.24, 2.45) is 0 Å². The van der Waals surface area contributed by atoms with Crippen LogP contribution < -0.4 is 0 Å². The molecule has 1 aliphatic rings. The highest BCUT2D eigenvalue weighted by Crippen LogP contribution is 2.38. The summed E-state index contributed by atoms with van der Waals surface area (Å²) in [4.78, 5) is 0. The first-order chi connectivity index (χ1) is 5.36. The highest BCUT2D eigenvalue weighted by Gasteiger charge is 2.18. The smallest absolute Gasteiger partial charge is 0.0330 e. The molecule has 2 atom stereocenters. The Hall–Kier alpha value is 1.75. The van der Waals surface area contributed by atoms with Gasteiger partial charge in [0.1, 0.15) is 0 Å². The Morgan fingerprint density at radius 3 is 1.82 bits per heavy atom. The maximum absolute atomic E-state index is 4.30. The van der Waals surface area contributed by atoms with Gasteiger partial charge in [-0.1, -0.05) is 21.6 Å². The van der Waals surface area contributed by atoms with E-state index in [1.54, 1.807) is 0 Å². The van der Waals surface area contributed by atoms with Crippen LogP contribution in [0.2, 0.25) is 0 Å². The van der Waals surface area contributed by atoms with E-state index in [1.807, 2.05) is 33.3 Å². The predicted octanol–water partition coefficient (Wildman–Crippen LogP) is 2.71. The van der Waals surface area contributed by atoms with Crippen molar-refractivity contribution in [3.05, 3.63) is 0 Å². The maximum atomic E-state index is 4.30. The molecule has 0 aromatic heterocycles. The summed E-state index contributed by atoms with van der Waals surface area (Å²) in [5, 5.41) is 1.47. The number of thiol groups is 2. The Bertz CT molecular complexity index is 95.1. The fourth-order valence-electron chi connectivity index (χ4n) is 0.710. The Balaban J connectivity index is 2.27. The topological polar surface area (TPSA) is 0 Å². The molecule has 1 aliphatic heterocycles. The van der Waals surface area contributed by atoms with E-state index < -0.39 is 0 Å². The van der Waals surface area contributed by atoms with Gasteiger partial charge in [-0.2, -0.15) is 37.0 Å². The summed E-state index contributed by atoms with van der Waals surface area (Å²) in [5.41, 5.74) is 0. The van der Waals surface area contributed by atoms with Crippen LogP contribution in [0.4, 0.5) is 0 Å². The molecular formula is C6H12S5. The van der Waals surface area contributed by atoms with Crippen LogP contribution in [0.25, 0.3) is 0 Å². The minimum absolute atomic E-state index is 0.734. The second-order valence-corrected chi connectivity index (χ2v) is 7.02. The summed E-state index contributed by atoms with van der Waals surface area (Å²) in [6.07, 6.45) is 0. The Morgan fingerprint density at radius 2 is 1.45 bits per heavy atom. The van der Waals surface area contributed by atoms with E-state index in [4.69, 9.17) is 0 Å². The molecule has 0 aromatic rings. The third kappa shape index (κ3) is 3.98. The van der Waals surface area contributed by atoms with Gasteiger partial charge in [0.2, 0.25) is 0 Å². The van der Waals surface area contributed by atoms with Gasteiger partial charge >= 0.3 is 0 Å². The molecule has 0 radical (unpaired) electrons. The summed E-state index contributed by atoms with van der Waals surface area (Å²) in [6.45, 7) is 0. The zero-order chi connectivity index (χ0) is 8.10. The largest absolute Gasteiger partial charge is 0.178 e. The van der Waals surface area contributed by atoms with Gasteiger partial charge < -0.3 is 0 Å². The molecule has 0 N–H and O–H groups in total. The van der Waals surface area contributed by atoms with Crippen molar-refractivity contribution in [3.8, 4) is 0 Å². The third-order valence-corrected chi connectivity index (χ3v) is 7.70. The average molecular weight is 244 g/mol. The molecule has 5 heteroatoms. The molecule has 0 spiro atoms. The lowest BCUT2D eigenvalue weighted by Gasteiger charge is -2.09. The summed E-state index contributed by atoms with van der Waals surface area (Å²) in [5.74, 6) is 4.52. The van der Waals surface area contributed by atoms with Crippen LogP contribution >= 0.6 is 58.6 Å². The summed E-state index contributed by atoms with van der Waals surface area (Å²) in [7, 11) is 3.97. The zero-order valence-electron chi connectivity index (χ0n) is 6.10. The van der Waals surface area contributed by atoms with Crippen LogP contribution in [0.5, 0.6) is 0 Å². The van der Waals surface area contributed by atoms with Crippen LogP contribution in [-0.4, -0.2) is 33.5 Å². The first-order valence-electron chi connectivity index (χ1n) is 3.48. The van der Waals surface area contributed by atoms with Crippen molar-refractivity contribution >= 4 is 58.6 Å². The Kier molecular flexibility index (Phi) is 6.14. The lowest BCUT2D eigenvalue weighted by atomic mass is 10.5. The van der Waals surface area contributed by atoms with Gasteiger partial charge in [-0.05, 0) is 0 Å². The molecule has 0 amide bonds. The van der Waals surface area contributed by atoms with Gasteiger partial charge in [-0.25, -0.2) is 0 Å². The SMILES string of the molecule is SCC1CSCC(CS)SS1. The first-order valence-corrected chi connectivity index (χ1v) is 8.18. The molecule has 0 aliphatic carbocycles. The molecule has 0 saturated carbocycles. The number of rotatable bonds is 2. The van der Waals surface area contributed by atoms with E-state index in [0.29, 0.717) is 0 Å². The minimum atomic E-state index is 0.734. The van der Waals surface area contributed by atoms with Crippen molar-refractivity contribution < 1.29 is 0 Å². The maximum Gasteiger partial charge on any atom is 0.0330 e. The Morgan fingerprint density at radius 1 is 1.00 bits per heavy atom. The zero-order valence-corrected chi connectivity index (χ0v) is 10.3. The van der Waals surface area contributed by atoms with Crippen molar-refractivity contribution in [3.63, 3.8) is 0 Å². The van der Waals surface area contributed by atoms with Gasteiger partial charge in [0.05, 0.1) is 0 Å². The first kappa shape index (κ1) is 10.8. The predicted molar refractivity (Wildman–Crippen MR) is 67.8 cm³/mol. The molecule has 1 saturated heterocycles. The molecule has 1 heterocycles. The van der Waals surface area contributed by atoms with E-state index in [9.17, 15) is 0 Å². The molecule has 1 rings (SSSR count). The van der Waals surface area contributed by atoms with Crippen LogP contribution in [0.3, 0.4) is 0 Å². The lowest BCUT2D eigenvalue weighted by molar-refractivity contribution is 1.14. The monoisotopic (exact) mass is 244 g/mol. The highest BCUT2D eigenvalue weighted by molar-refractivity contribution is 8.77. The third-order valence-electron chi connectivity index (χ3n) is 1.34. The van der Waals surface area contributed by atoms with E-state index >= 15 is 0 Å². The standard InChI is InChI=1S/C6H12S5/c7-1-5-3-9-4-6(2-8)11-10-5/h5-8H,1-4H2. The average Bonchev–Trinajstić information content (AvgIpc) is 2.28. The van der Waals surface area contributed by atoms with Crippen molar-refractivity contribution in [2.45, 2.75) is 10.5 Å². The van der Waals surface area contributed by atoms with E-state index in [-0.39, 0.29) is 0 Å². The molecule has 0 nitrogen and oxygen atoms in total. The number of thioether (sulfide) groups is 1. The van der Waals surface area contributed by atoms with Gasteiger partial charge in [0.25, 0.3) is 0 Å². The van der Waals surface area contributed by atoms with Crippen LogP contribution in [-0.2, 0) is 0 Å². The van der Waals surface area contributed by atoms with Crippen molar-refractivity contribution in [2.75, 3.05) is 23.0 Å². The van der Waals surface area contributed by atoms with Gasteiger partial charge in [0, 0.05) is 33.5 Å². The highest BCUT2D eigenvalue weighted by atomic mass is 33.1. The van der Waals surface area contributed by atoms with Crippen LogP contribution in [0.15, 0.2) is 0 Å². The number of hydrogen-bond acceptors (Lipinski definition) is 5. The lowest BCUT2D eigenvalue weighted by Crippen LogP contribution is -2.05. The fourth-order valence-corrected chi connectivity index (χ4v) is 7.08. The van der Waals surface area contributed by atoms with Gasteiger partial charge in [0.15, 0.2) is 0 Å². The van der Waals surface area contributed by atoms with E-state index in [0.717, 1.165) is 22.0 Å². The fraction of sp³-hybridized carbons (Fsp3) is 1.00. The minimum Gasteiger partial charge on any atom is -0.178 e. The van der Waals surface area contributed by atoms with E-state index in [2.05, 4.69) is 25.3 Å². The Labute approximate surface area is 91.6 Å². The van der Waals surface area contributed by atoms with Crippen LogP contribution in [0.1, 0.15) is 0 Å². The van der Waals surface area contributed by atoms with Crippen molar-refractivity contribution in [1.82, 2.24) is 0 Å². The van der Waals surface area contributed by atoms with Gasteiger partial charge in [-0.3, -0.25) is 0 Å². The molecule has 1 fully saturated rings. The molecule has 0 bridgehead atoms. The normalized spacial score (nSPS) is 33.3. The molecular weight excluding hydrogens is 232 g/mol. The quantitative estimate of drug-likeness (QED) is 0.567. The van der Waals surface area contributed by atoms with E-state index in [1.165, 1.54) is 11.5 Å².